The predicted molar refractivity (Wildman–Crippen MR) is 78.6 cm³/mol. The molecule has 1 aromatic carbocycles. The van der Waals surface area contributed by atoms with Gasteiger partial charge in [-0.15, -0.1) is 0 Å². The third kappa shape index (κ3) is 2.85. The molecular weight excluding hydrogens is 252 g/mol. The molecule has 1 aliphatic rings. The molecule has 0 spiro atoms. The molecule has 0 bridgehead atoms. The van der Waals surface area contributed by atoms with Gasteiger partial charge >= 0.3 is 0 Å². The van der Waals surface area contributed by atoms with Crippen LogP contribution in [-0.4, -0.2) is 42.1 Å². The van der Waals surface area contributed by atoms with Gasteiger partial charge in [-0.3, -0.25) is 4.79 Å². The number of benzene rings is 1. The maximum Gasteiger partial charge on any atom is 0.219 e. The van der Waals surface area contributed by atoms with E-state index >= 15 is 0 Å². The van der Waals surface area contributed by atoms with Gasteiger partial charge in [0.2, 0.25) is 5.91 Å². The van der Waals surface area contributed by atoms with Crippen molar-refractivity contribution < 1.29 is 9.53 Å². The van der Waals surface area contributed by atoms with Crippen molar-refractivity contribution in [3.63, 3.8) is 0 Å². The van der Waals surface area contributed by atoms with Crippen molar-refractivity contribution in [3.05, 3.63) is 36.0 Å². The smallest absolute Gasteiger partial charge is 0.219 e. The highest BCUT2D eigenvalue weighted by molar-refractivity contribution is 5.79. The van der Waals surface area contributed by atoms with E-state index in [2.05, 4.69) is 29.2 Å². The maximum atomic E-state index is 11.6. The number of hydrogen-bond donors (Lipinski definition) is 1. The van der Waals surface area contributed by atoms with Gasteiger partial charge in [-0.1, -0.05) is 6.07 Å². The van der Waals surface area contributed by atoms with E-state index in [-0.39, 0.29) is 5.91 Å². The number of aromatic nitrogens is 1. The average Bonchev–Trinajstić information content (AvgIpc) is 2.76. The second-order valence-electron chi connectivity index (χ2n) is 5.51. The van der Waals surface area contributed by atoms with Crippen molar-refractivity contribution >= 4 is 16.8 Å². The van der Waals surface area contributed by atoms with E-state index in [1.807, 2.05) is 11.1 Å². The summed E-state index contributed by atoms with van der Waals surface area (Å²) in [7, 11) is 0. The number of hydrogen-bond acceptors (Lipinski definition) is 2. The Kier molecular flexibility index (Phi) is 3.74. The predicted octanol–water partition coefficient (Wildman–Crippen LogP) is 2.21. The van der Waals surface area contributed by atoms with Gasteiger partial charge in [-0.2, -0.15) is 0 Å². The zero-order valence-electron chi connectivity index (χ0n) is 11.8. The van der Waals surface area contributed by atoms with Gasteiger partial charge in [0.15, 0.2) is 0 Å². The second-order valence-corrected chi connectivity index (χ2v) is 5.51. The Labute approximate surface area is 118 Å². The standard InChI is InChI=1S/C16H20N2O2/c1-12(19)18-6-7-20-11-14(10-18)8-13-2-3-16-15(9-13)4-5-17-16/h2-5,9,14,17H,6-8,10-11H2,1H3. The van der Waals surface area contributed by atoms with Gasteiger partial charge in [0.25, 0.3) is 0 Å². The van der Waals surface area contributed by atoms with Crippen LogP contribution in [0.1, 0.15) is 12.5 Å². The van der Waals surface area contributed by atoms with Crippen molar-refractivity contribution in [1.82, 2.24) is 9.88 Å². The number of aromatic amines is 1. The summed E-state index contributed by atoms with van der Waals surface area (Å²) in [6.45, 7) is 4.51. The molecule has 1 aromatic heterocycles. The van der Waals surface area contributed by atoms with Crippen LogP contribution in [0.3, 0.4) is 0 Å². The number of nitrogens with one attached hydrogen (secondary N) is 1. The monoisotopic (exact) mass is 272 g/mol. The van der Waals surface area contributed by atoms with Gasteiger partial charge < -0.3 is 14.6 Å². The van der Waals surface area contributed by atoms with Crippen molar-refractivity contribution in [2.75, 3.05) is 26.3 Å². The topological polar surface area (TPSA) is 45.3 Å². The van der Waals surface area contributed by atoms with Crippen molar-refractivity contribution in [3.8, 4) is 0 Å². The Morgan fingerprint density at radius 2 is 2.35 bits per heavy atom. The fourth-order valence-corrected chi connectivity index (χ4v) is 2.85. The molecule has 0 saturated carbocycles. The quantitative estimate of drug-likeness (QED) is 0.911. The first-order chi connectivity index (χ1) is 9.72. The lowest BCUT2D eigenvalue weighted by molar-refractivity contribution is -0.129. The highest BCUT2D eigenvalue weighted by atomic mass is 16.5. The van der Waals surface area contributed by atoms with Crippen molar-refractivity contribution in [1.29, 1.82) is 0 Å². The molecule has 106 valence electrons. The van der Waals surface area contributed by atoms with E-state index in [0.29, 0.717) is 19.1 Å². The molecular formula is C16H20N2O2. The van der Waals surface area contributed by atoms with Gasteiger partial charge in [0, 0.05) is 37.6 Å². The maximum absolute atomic E-state index is 11.6. The number of nitrogens with zero attached hydrogens (tertiary/aromatic N) is 1. The van der Waals surface area contributed by atoms with Gasteiger partial charge in [0.05, 0.1) is 13.2 Å². The van der Waals surface area contributed by atoms with E-state index in [4.69, 9.17) is 4.74 Å². The summed E-state index contributed by atoms with van der Waals surface area (Å²) >= 11 is 0. The SMILES string of the molecule is CC(=O)N1CCOCC(Cc2ccc3[nH]ccc3c2)C1. The Balaban J connectivity index is 1.73. The molecule has 0 aliphatic carbocycles. The largest absolute Gasteiger partial charge is 0.379 e. The Hall–Kier alpha value is -1.81. The molecule has 1 atom stereocenters. The van der Waals surface area contributed by atoms with E-state index in [9.17, 15) is 4.79 Å². The van der Waals surface area contributed by atoms with Crippen LogP contribution in [-0.2, 0) is 16.0 Å². The van der Waals surface area contributed by atoms with Gasteiger partial charge in [-0.05, 0) is 35.6 Å². The first-order valence-corrected chi connectivity index (χ1v) is 7.11. The van der Waals surface area contributed by atoms with Crippen LogP contribution in [0.4, 0.5) is 0 Å². The molecule has 4 nitrogen and oxygen atoms in total. The lowest BCUT2D eigenvalue weighted by Gasteiger charge is -2.22. The van der Waals surface area contributed by atoms with Crippen molar-refractivity contribution in [2.24, 2.45) is 5.92 Å². The summed E-state index contributed by atoms with van der Waals surface area (Å²) in [4.78, 5) is 16.7. The van der Waals surface area contributed by atoms with E-state index < -0.39 is 0 Å². The molecule has 1 saturated heterocycles. The number of H-pyrrole nitrogens is 1. The van der Waals surface area contributed by atoms with Crippen LogP contribution in [0.25, 0.3) is 10.9 Å². The molecule has 1 amide bonds. The van der Waals surface area contributed by atoms with Crippen LogP contribution in [0, 0.1) is 5.92 Å². The van der Waals surface area contributed by atoms with E-state index in [1.54, 1.807) is 6.92 Å². The molecule has 3 rings (SSSR count). The Morgan fingerprint density at radius 1 is 1.45 bits per heavy atom. The highest BCUT2D eigenvalue weighted by Crippen LogP contribution is 2.19. The third-order valence-corrected chi connectivity index (χ3v) is 3.93. The van der Waals surface area contributed by atoms with E-state index in [0.717, 1.165) is 25.1 Å². The fraction of sp³-hybridized carbons (Fsp3) is 0.438. The molecule has 0 radical (unpaired) electrons. The molecule has 1 unspecified atom stereocenters. The zero-order chi connectivity index (χ0) is 13.9. The summed E-state index contributed by atoms with van der Waals surface area (Å²) in [5.41, 5.74) is 2.47. The average molecular weight is 272 g/mol. The van der Waals surface area contributed by atoms with Crippen LogP contribution >= 0.6 is 0 Å². The number of ether oxygens (including phenoxy) is 1. The molecule has 1 fully saturated rings. The first kappa shape index (κ1) is 13.2. The van der Waals surface area contributed by atoms with E-state index in [1.165, 1.54) is 10.9 Å². The highest BCUT2D eigenvalue weighted by Gasteiger charge is 2.20. The van der Waals surface area contributed by atoms with Crippen LogP contribution in [0.2, 0.25) is 0 Å². The number of carbonyl (C=O) groups is 1. The number of carbonyl (C=O) groups excluding carboxylic acids is 1. The van der Waals surface area contributed by atoms with Crippen LogP contribution < -0.4 is 0 Å². The minimum Gasteiger partial charge on any atom is -0.379 e. The van der Waals surface area contributed by atoms with Crippen molar-refractivity contribution in [2.45, 2.75) is 13.3 Å². The Bertz CT molecular complexity index is 605. The summed E-state index contributed by atoms with van der Waals surface area (Å²) in [6.07, 6.45) is 2.91. The lowest BCUT2D eigenvalue weighted by Crippen LogP contribution is -2.34. The van der Waals surface area contributed by atoms with Crippen LogP contribution in [0.15, 0.2) is 30.5 Å². The lowest BCUT2D eigenvalue weighted by atomic mass is 9.98. The molecule has 1 N–H and O–H groups in total. The van der Waals surface area contributed by atoms with Gasteiger partial charge in [0.1, 0.15) is 0 Å². The third-order valence-electron chi connectivity index (χ3n) is 3.93. The summed E-state index contributed by atoms with van der Waals surface area (Å²) < 4.78 is 5.63. The summed E-state index contributed by atoms with van der Waals surface area (Å²) in [6, 6.07) is 8.58. The molecule has 2 heterocycles. The normalized spacial score (nSPS) is 20.1. The molecule has 20 heavy (non-hydrogen) atoms. The summed E-state index contributed by atoms with van der Waals surface area (Å²) in [5.74, 6) is 0.513. The number of amides is 1. The molecule has 4 heteroatoms. The number of fused-ring (bicyclic) bond motifs is 1. The fourth-order valence-electron chi connectivity index (χ4n) is 2.85. The van der Waals surface area contributed by atoms with Crippen LogP contribution in [0.5, 0.6) is 0 Å². The summed E-state index contributed by atoms with van der Waals surface area (Å²) in [5, 5.41) is 1.24. The second kappa shape index (κ2) is 5.67. The Morgan fingerprint density at radius 3 is 3.20 bits per heavy atom. The minimum absolute atomic E-state index is 0.140. The zero-order valence-corrected chi connectivity index (χ0v) is 11.8. The number of rotatable bonds is 2. The van der Waals surface area contributed by atoms with Gasteiger partial charge in [-0.25, -0.2) is 0 Å². The minimum atomic E-state index is 0.140. The molecule has 1 aliphatic heterocycles. The molecule has 2 aromatic rings. The first-order valence-electron chi connectivity index (χ1n) is 7.11.